The molecule has 33 heavy (non-hydrogen) atoms. The van der Waals surface area contributed by atoms with E-state index < -0.39 is 0 Å². The predicted octanol–water partition coefficient (Wildman–Crippen LogP) is 2.47. The van der Waals surface area contributed by atoms with Gasteiger partial charge in [0.15, 0.2) is 0 Å². The van der Waals surface area contributed by atoms with E-state index in [1.54, 1.807) is 13.1 Å². The SMILES string of the molecule is CNC(=O)c1ccc(N2CCN(Cc3ccc4c(c3)[nH]c(=O)c3cc(C)cn34)CC2)c(C)n1. The van der Waals surface area contributed by atoms with Gasteiger partial charge in [0.2, 0.25) is 0 Å². The molecule has 4 heterocycles. The molecule has 0 bridgehead atoms. The summed E-state index contributed by atoms with van der Waals surface area (Å²) in [5.74, 6) is -0.168. The molecule has 0 atom stereocenters. The molecule has 0 aliphatic carbocycles. The second kappa shape index (κ2) is 8.37. The fourth-order valence-corrected chi connectivity index (χ4v) is 4.70. The average molecular weight is 445 g/mol. The van der Waals surface area contributed by atoms with E-state index in [2.05, 4.69) is 43.3 Å². The van der Waals surface area contributed by atoms with Gasteiger partial charge in [-0.2, -0.15) is 0 Å². The maximum Gasteiger partial charge on any atom is 0.272 e. The van der Waals surface area contributed by atoms with Crippen molar-refractivity contribution in [2.24, 2.45) is 0 Å². The number of pyridine rings is 1. The van der Waals surface area contributed by atoms with Gasteiger partial charge in [0.25, 0.3) is 11.5 Å². The Kier molecular flexibility index (Phi) is 5.38. The molecule has 0 saturated carbocycles. The van der Waals surface area contributed by atoms with Gasteiger partial charge in [0.1, 0.15) is 11.2 Å². The number of fused-ring (bicyclic) bond motifs is 3. The third-order valence-electron chi connectivity index (χ3n) is 6.39. The Bertz CT molecular complexity index is 1410. The molecular formula is C25H28N6O2. The minimum atomic E-state index is -0.168. The third-order valence-corrected chi connectivity index (χ3v) is 6.39. The number of aromatic nitrogens is 3. The van der Waals surface area contributed by atoms with Crippen LogP contribution in [0.2, 0.25) is 0 Å². The van der Waals surface area contributed by atoms with Crippen LogP contribution in [-0.2, 0) is 6.54 Å². The Balaban J connectivity index is 1.29. The van der Waals surface area contributed by atoms with Crippen LogP contribution in [0.5, 0.6) is 0 Å². The number of nitrogens with zero attached hydrogens (tertiary/aromatic N) is 4. The van der Waals surface area contributed by atoms with Crippen molar-refractivity contribution in [1.29, 1.82) is 0 Å². The van der Waals surface area contributed by atoms with E-state index in [0.29, 0.717) is 11.2 Å². The molecule has 0 unspecified atom stereocenters. The van der Waals surface area contributed by atoms with Crippen molar-refractivity contribution < 1.29 is 4.79 Å². The second-order valence-corrected chi connectivity index (χ2v) is 8.72. The Morgan fingerprint density at radius 1 is 1.06 bits per heavy atom. The molecular weight excluding hydrogens is 416 g/mol. The van der Waals surface area contributed by atoms with Crippen LogP contribution in [0.15, 0.2) is 47.4 Å². The molecule has 1 amide bonds. The van der Waals surface area contributed by atoms with Crippen molar-refractivity contribution in [3.8, 4) is 0 Å². The number of amides is 1. The minimum absolute atomic E-state index is 0.0622. The van der Waals surface area contributed by atoms with Crippen molar-refractivity contribution in [3.05, 3.63) is 75.5 Å². The lowest BCUT2D eigenvalue weighted by Gasteiger charge is -2.36. The number of nitrogens with one attached hydrogen (secondary N) is 2. The molecule has 1 aliphatic rings. The molecule has 0 radical (unpaired) electrons. The van der Waals surface area contributed by atoms with Crippen LogP contribution < -0.4 is 15.8 Å². The van der Waals surface area contributed by atoms with Crippen LogP contribution in [0.4, 0.5) is 5.69 Å². The quantitative estimate of drug-likeness (QED) is 0.505. The lowest BCUT2D eigenvalue weighted by atomic mass is 10.1. The van der Waals surface area contributed by atoms with E-state index in [-0.39, 0.29) is 11.5 Å². The van der Waals surface area contributed by atoms with Gasteiger partial charge in [-0.05, 0) is 55.3 Å². The summed E-state index contributed by atoms with van der Waals surface area (Å²) in [6.07, 6.45) is 2.00. The van der Waals surface area contributed by atoms with E-state index in [1.807, 2.05) is 36.6 Å². The highest BCUT2D eigenvalue weighted by atomic mass is 16.1. The van der Waals surface area contributed by atoms with Crippen LogP contribution in [0.1, 0.15) is 27.3 Å². The van der Waals surface area contributed by atoms with Crippen LogP contribution in [0.3, 0.4) is 0 Å². The maximum atomic E-state index is 12.5. The Morgan fingerprint density at radius 2 is 1.85 bits per heavy atom. The van der Waals surface area contributed by atoms with Gasteiger partial charge >= 0.3 is 0 Å². The van der Waals surface area contributed by atoms with Gasteiger partial charge in [-0.3, -0.25) is 14.5 Å². The molecule has 8 nitrogen and oxygen atoms in total. The van der Waals surface area contributed by atoms with E-state index in [9.17, 15) is 9.59 Å². The first kappa shape index (κ1) is 21.2. The summed E-state index contributed by atoms with van der Waals surface area (Å²) in [5.41, 5.74) is 7.13. The fraction of sp³-hybridized carbons (Fsp3) is 0.320. The number of hydrogen-bond donors (Lipinski definition) is 2. The number of H-pyrrole nitrogens is 1. The van der Waals surface area contributed by atoms with Gasteiger partial charge in [-0.1, -0.05) is 6.07 Å². The van der Waals surface area contributed by atoms with Gasteiger partial charge in [-0.15, -0.1) is 0 Å². The highest BCUT2D eigenvalue weighted by molar-refractivity contribution is 5.92. The highest BCUT2D eigenvalue weighted by Gasteiger charge is 2.20. The van der Waals surface area contributed by atoms with Crippen LogP contribution in [0.25, 0.3) is 16.6 Å². The molecule has 0 spiro atoms. The van der Waals surface area contributed by atoms with Crippen LogP contribution >= 0.6 is 0 Å². The number of aromatic amines is 1. The number of piperazine rings is 1. The van der Waals surface area contributed by atoms with Crippen molar-refractivity contribution in [3.63, 3.8) is 0 Å². The largest absolute Gasteiger partial charge is 0.368 e. The molecule has 1 saturated heterocycles. The first-order valence-electron chi connectivity index (χ1n) is 11.2. The second-order valence-electron chi connectivity index (χ2n) is 8.72. The van der Waals surface area contributed by atoms with Gasteiger partial charge in [0, 0.05) is 46.0 Å². The van der Waals surface area contributed by atoms with E-state index in [1.165, 1.54) is 5.56 Å². The van der Waals surface area contributed by atoms with Crippen molar-refractivity contribution in [1.82, 2.24) is 24.6 Å². The molecule has 170 valence electrons. The van der Waals surface area contributed by atoms with Crippen molar-refractivity contribution >= 4 is 28.1 Å². The summed E-state index contributed by atoms with van der Waals surface area (Å²) in [6.45, 7) is 8.45. The summed E-state index contributed by atoms with van der Waals surface area (Å²) in [7, 11) is 1.61. The lowest BCUT2D eigenvalue weighted by molar-refractivity contribution is 0.0958. The molecule has 8 heteroatoms. The number of benzene rings is 1. The average Bonchev–Trinajstić information content (AvgIpc) is 3.21. The summed E-state index contributed by atoms with van der Waals surface area (Å²) in [5, 5.41) is 2.62. The number of hydrogen-bond acceptors (Lipinski definition) is 5. The predicted molar refractivity (Wildman–Crippen MR) is 130 cm³/mol. The lowest BCUT2D eigenvalue weighted by Crippen LogP contribution is -2.46. The molecule has 3 aromatic heterocycles. The number of anilines is 1. The molecule has 1 fully saturated rings. The summed E-state index contributed by atoms with van der Waals surface area (Å²) < 4.78 is 1.97. The normalized spacial score (nSPS) is 14.8. The molecule has 1 aliphatic heterocycles. The maximum absolute atomic E-state index is 12.5. The molecule has 1 aromatic carbocycles. The zero-order chi connectivity index (χ0) is 23.1. The van der Waals surface area contributed by atoms with E-state index in [4.69, 9.17) is 0 Å². The van der Waals surface area contributed by atoms with Crippen molar-refractivity contribution in [2.45, 2.75) is 20.4 Å². The molecule has 5 rings (SSSR count). The van der Waals surface area contributed by atoms with Crippen LogP contribution in [-0.4, -0.2) is 58.4 Å². The first-order valence-corrected chi connectivity index (χ1v) is 11.2. The number of aryl methyl sites for hydroxylation is 2. The van der Waals surface area contributed by atoms with Gasteiger partial charge < -0.3 is 19.6 Å². The van der Waals surface area contributed by atoms with E-state index in [0.717, 1.165) is 60.7 Å². The number of rotatable bonds is 4. The smallest absolute Gasteiger partial charge is 0.272 e. The third kappa shape index (κ3) is 3.98. The summed E-state index contributed by atoms with van der Waals surface area (Å²) in [6, 6.07) is 12.0. The number of carbonyl (C=O) groups is 1. The Morgan fingerprint density at radius 3 is 2.58 bits per heavy atom. The van der Waals surface area contributed by atoms with Gasteiger partial charge in [0.05, 0.1) is 22.4 Å². The summed E-state index contributed by atoms with van der Waals surface area (Å²) >= 11 is 0. The number of carbonyl (C=O) groups excluding carboxylic acids is 1. The monoisotopic (exact) mass is 444 g/mol. The van der Waals surface area contributed by atoms with Crippen molar-refractivity contribution in [2.75, 3.05) is 38.1 Å². The Labute approximate surface area is 191 Å². The van der Waals surface area contributed by atoms with Gasteiger partial charge in [-0.25, -0.2) is 4.98 Å². The minimum Gasteiger partial charge on any atom is -0.368 e. The molecule has 4 aromatic rings. The summed E-state index contributed by atoms with van der Waals surface area (Å²) in [4.78, 5) is 36.5. The standard InChI is InChI=1S/C25H28N6O2/c1-16-12-23-25(33)28-20-13-18(4-6-22(20)31(23)14-16)15-29-8-10-30(11-9-29)21-7-5-19(24(32)26-3)27-17(21)2/h4-7,12-14H,8-11,15H2,1-3H3,(H,26,32)(H,28,33). The van der Waals surface area contributed by atoms with Crippen LogP contribution in [0, 0.1) is 13.8 Å². The van der Waals surface area contributed by atoms with E-state index >= 15 is 0 Å². The highest BCUT2D eigenvalue weighted by Crippen LogP contribution is 2.22. The zero-order valence-electron chi connectivity index (χ0n) is 19.2. The fourth-order valence-electron chi connectivity index (χ4n) is 4.70. The topological polar surface area (TPSA) is 85.7 Å². The molecule has 2 N–H and O–H groups in total. The first-order chi connectivity index (χ1) is 15.9. The zero-order valence-corrected chi connectivity index (χ0v) is 19.2. The Hall–Kier alpha value is -3.65.